The number of hydrogen-bond donors (Lipinski definition) is 0. The Labute approximate surface area is 424 Å². The summed E-state index contributed by atoms with van der Waals surface area (Å²) in [5.41, 5.74) is 10.4. The van der Waals surface area contributed by atoms with Crippen LogP contribution in [0.3, 0.4) is 0 Å². The minimum absolute atomic E-state index is 0.373. The number of aryl methyl sites for hydroxylation is 10. The van der Waals surface area contributed by atoms with Crippen LogP contribution >= 0.6 is 0 Å². The summed E-state index contributed by atoms with van der Waals surface area (Å²) in [5, 5.41) is 15.2. The molecular weight excluding hydrogens is 923 g/mol. The van der Waals surface area contributed by atoms with Crippen molar-refractivity contribution in [3.8, 4) is 74.4 Å². The fourth-order valence-corrected chi connectivity index (χ4v) is 10.2. The van der Waals surface area contributed by atoms with Crippen LogP contribution in [0.15, 0.2) is 91.0 Å². The summed E-state index contributed by atoms with van der Waals surface area (Å²) < 4.78 is 4.45. The molecule has 12 rings (SSSR count). The van der Waals surface area contributed by atoms with Crippen molar-refractivity contribution < 1.29 is 0 Å². The second-order valence-electron chi connectivity index (χ2n) is 18.6. The zero-order valence-corrected chi connectivity index (χ0v) is 42.3. The Bertz CT molecular complexity index is 4090. The summed E-state index contributed by atoms with van der Waals surface area (Å²) >= 11 is 0. The van der Waals surface area contributed by atoms with Gasteiger partial charge in [0.15, 0.2) is 29.1 Å². The van der Waals surface area contributed by atoms with Crippen LogP contribution in [0.1, 0.15) is 63.5 Å². The number of aromatic nitrogens is 16. The van der Waals surface area contributed by atoms with Gasteiger partial charge < -0.3 is 9.13 Å². The van der Waals surface area contributed by atoms with E-state index in [0.29, 0.717) is 92.5 Å². The van der Waals surface area contributed by atoms with Gasteiger partial charge in [-0.3, -0.25) is 0 Å². The van der Waals surface area contributed by atoms with E-state index >= 15 is 0 Å². The Hall–Kier alpha value is -9.69. The van der Waals surface area contributed by atoms with Gasteiger partial charge in [0.1, 0.15) is 46.6 Å². The summed E-state index contributed by atoms with van der Waals surface area (Å²) in [5.74, 6) is 7.51. The highest BCUT2D eigenvalue weighted by Gasteiger charge is 2.26. The Morgan fingerprint density at radius 2 is 0.595 bits per heavy atom. The molecule has 0 atom stereocenters. The van der Waals surface area contributed by atoms with Gasteiger partial charge in [-0.05, 0) is 112 Å². The van der Waals surface area contributed by atoms with Gasteiger partial charge in [0, 0.05) is 60.8 Å². The van der Waals surface area contributed by atoms with E-state index in [-0.39, 0.29) is 0 Å². The van der Waals surface area contributed by atoms with Crippen LogP contribution in [0.2, 0.25) is 0 Å². The van der Waals surface area contributed by atoms with Gasteiger partial charge in [0.25, 0.3) is 0 Å². The van der Waals surface area contributed by atoms with Crippen molar-refractivity contribution >= 4 is 43.6 Å². The van der Waals surface area contributed by atoms with Crippen LogP contribution in [0.5, 0.6) is 0 Å². The smallest absolute Gasteiger partial charge is 0.163 e. The molecule has 12 aromatic rings. The first kappa shape index (κ1) is 45.4. The molecule has 0 bridgehead atoms. The molecule has 74 heavy (non-hydrogen) atoms. The monoisotopic (exact) mass is 967 g/mol. The average molecular weight is 968 g/mol. The van der Waals surface area contributed by atoms with Gasteiger partial charge in [-0.1, -0.05) is 48.5 Å². The van der Waals surface area contributed by atoms with Gasteiger partial charge in [0.2, 0.25) is 0 Å². The molecule has 0 radical (unpaired) electrons. The van der Waals surface area contributed by atoms with E-state index < -0.39 is 0 Å². The van der Waals surface area contributed by atoms with Crippen molar-refractivity contribution in [2.75, 3.05) is 0 Å². The lowest BCUT2D eigenvalue weighted by Gasteiger charge is -2.20. The number of rotatable bonds is 7. The first-order chi connectivity index (χ1) is 35.6. The maximum atomic E-state index is 11.3. The standard InChI is InChI=1S/C57H45N17/c1-27-19-28(2)60-57(59-27)46-25-52(74-49-22-39(55-69-33(7)63-34(8)70-55)13-17-44(49)45-18-14-40(23-50(45)74)56-71-35(9)64-36(10)72-56)51(24-41(46)26-58)73-47-20-37(53-65-29(3)61-30(4)66-53)11-15-42(47)43-16-12-38(21-48(43)73)54-67-31(5)62-32(6)68-54/h11-25H,1-10H3. The van der Waals surface area contributed by atoms with E-state index in [1.165, 1.54) is 0 Å². The Balaban J connectivity index is 1.27. The minimum Gasteiger partial charge on any atom is -0.307 e. The van der Waals surface area contributed by atoms with Gasteiger partial charge in [-0.15, -0.1) is 0 Å². The van der Waals surface area contributed by atoms with E-state index in [0.717, 1.165) is 82.9 Å². The molecule has 0 N–H and O–H groups in total. The summed E-state index contributed by atoms with van der Waals surface area (Å²) in [6.45, 7) is 18.8. The lowest BCUT2D eigenvalue weighted by molar-refractivity contribution is 0.928. The fraction of sp³-hybridized carbons (Fsp3) is 0.175. The molecule has 0 aliphatic carbocycles. The summed E-state index contributed by atoms with van der Waals surface area (Å²) in [6, 6.07) is 33.5. The molecular formula is C57H45N17. The molecule has 0 unspecified atom stereocenters. The van der Waals surface area contributed by atoms with Crippen molar-refractivity contribution in [3.63, 3.8) is 0 Å². The number of nitrogens with zero attached hydrogens (tertiary/aromatic N) is 17. The largest absolute Gasteiger partial charge is 0.307 e. The Morgan fingerprint density at radius 3 is 0.878 bits per heavy atom. The van der Waals surface area contributed by atoms with Crippen LogP contribution in [0.25, 0.3) is 112 Å². The average Bonchev–Trinajstić information content (AvgIpc) is 3.87. The van der Waals surface area contributed by atoms with Crippen molar-refractivity contribution in [3.05, 3.63) is 155 Å². The van der Waals surface area contributed by atoms with Gasteiger partial charge in [0.05, 0.1) is 45.1 Å². The van der Waals surface area contributed by atoms with Crippen molar-refractivity contribution in [1.82, 2.24) is 78.9 Å². The minimum atomic E-state index is 0.373. The predicted molar refractivity (Wildman–Crippen MR) is 284 cm³/mol. The fourth-order valence-electron chi connectivity index (χ4n) is 10.2. The third-order valence-corrected chi connectivity index (χ3v) is 12.9. The van der Waals surface area contributed by atoms with Gasteiger partial charge >= 0.3 is 0 Å². The summed E-state index contributed by atoms with van der Waals surface area (Å²) in [4.78, 5) is 66.3. The molecule has 0 spiro atoms. The van der Waals surface area contributed by atoms with E-state index in [2.05, 4.69) is 83.7 Å². The molecule has 17 nitrogen and oxygen atoms in total. The highest BCUT2D eigenvalue weighted by molar-refractivity contribution is 6.13. The molecule has 358 valence electrons. The quantitative estimate of drug-likeness (QED) is 0.145. The summed E-state index contributed by atoms with van der Waals surface area (Å²) in [6.07, 6.45) is 0. The Morgan fingerprint density at radius 1 is 0.311 bits per heavy atom. The van der Waals surface area contributed by atoms with Crippen molar-refractivity contribution in [2.24, 2.45) is 0 Å². The number of benzene rings is 5. The predicted octanol–water partition coefficient (Wildman–Crippen LogP) is 10.7. The van der Waals surface area contributed by atoms with E-state index in [1.807, 2.05) is 112 Å². The highest BCUT2D eigenvalue weighted by atomic mass is 15.1. The van der Waals surface area contributed by atoms with E-state index in [4.69, 9.17) is 49.8 Å². The second-order valence-corrected chi connectivity index (χ2v) is 18.6. The molecule has 7 heterocycles. The van der Waals surface area contributed by atoms with Gasteiger partial charge in [-0.25, -0.2) is 69.8 Å². The number of hydrogen-bond acceptors (Lipinski definition) is 15. The lowest BCUT2D eigenvalue weighted by atomic mass is 10.0. The number of nitriles is 1. The topological polar surface area (TPSA) is 214 Å². The second kappa shape index (κ2) is 17.3. The van der Waals surface area contributed by atoms with Crippen LogP contribution in [-0.2, 0) is 0 Å². The molecule has 0 saturated carbocycles. The third kappa shape index (κ3) is 7.89. The van der Waals surface area contributed by atoms with Crippen LogP contribution in [0, 0.1) is 80.6 Å². The SMILES string of the molecule is Cc1cc(C)nc(-c2cc(-n3c4cc(-c5nc(C)nc(C)n5)ccc4c4ccc(-c5nc(C)nc(C)n5)cc43)c(-n3c4cc(-c5nc(C)nc(C)n5)ccc4c4ccc(-c5nc(C)nc(C)n5)cc43)cc2C#N)n1. The Kier molecular flexibility index (Phi) is 10.6. The molecule has 0 aliphatic heterocycles. The molecule has 17 heteroatoms. The summed E-state index contributed by atoms with van der Waals surface area (Å²) in [7, 11) is 0. The zero-order chi connectivity index (χ0) is 51.3. The molecule has 0 saturated heterocycles. The van der Waals surface area contributed by atoms with Crippen molar-refractivity contribution in [2.45, 2.75) is 69.2 Å². The molecule has 0 aliphatic rings. The van der Waals surface area contributed by atoms with Gasteiger partial charge in [-0.2, -0.15) is 5.26 Å². The van der Waals surface area contributed by atoms with Crippen LogP contribution in [0.4, 0.5) is 0 Å². The highest BCUT2D eigenvalue weighted by Crippen LogP contribution is 2.43. The van der Waals surface area contributed by atoms with E-state index in [1.54, 1.807) is 0 Å². The maximum Gasteiger partial charge on any atom is 0.163 e. The van der Waals surface area contributed by atoms with Crippen molar-refractivity contribution in [1.29, 1.82) is 5.26 Å². The van der Waals surface area contributed by atoms with Crippen LogP contribution in [-0.4, -0.2) is 78.9 Å². The first-order valence-electron chi connectivity index (χ1n) is 24.0. The third-order valence-electron chi connectivity index (χ3n) is 12.9. The number of fused-ring (bicyclic) bond motifs is 6. The van der Waals surface area contributed by atoms with Crippen LogP contribution < -0.4 is 0 Å². The maximum absolute atomic E-state index is 11.3. The molecule has 0 fully saturated rings. The molecule has 5 aromatic carbocycles. The molecule has 0 amide bonds. The zero-order valence-electron chi connectivity index (χ0n) is 42.3. The first-order valence-corrected chi connectivity index (χ1v) is 24.0. The molecule has 7 aromatic heterocycles. The normalized spacial score (nSPS) is 11.6. The van der Waals surface area contributed by atoms with E-state index in [9.17, 15) is 5.26 Å². The lowest BCUT2D eigenvalue weighted by Crippen LogP contribution is -2.07.